The molecule has 146 valence electrons. The maximum Gasteiger partial charge on any atom is 0.414 e. The van der Waals surface area contributed by atoms with Crippen molar-refractivity contribution >= 4 is 23.5 Å². The van der Waals surface area contributed by atoms with Gasteiger partial charge in [-0.15, -0.1) is 11.8 Å². The molecule has 3 aromatic rings. The summed E-state index contributed by atoms with van der Waals surface area (Å²) in [6, 6.07) is 22.4. The molecule has 0 bridgehead atoms. The highest BCUT2D eigenvalue weighted by Gasteiger charge is 2.31. The summed E-state index contributed by atoms with van der Waals surface area (Å²) in [5, 5.41) is 9.46. The van der Waals surface area contributed by atoms with Gasteiger partial charge in [-0.2, -0.15) is 0 Å². The van der Waals surface area contributed by atoms with Crippen LogP contribution < -0.4 is 4.90 Å². The summed E-state index contributed by atoms with van der Waals surface area (Å²) in [7, 11) is 0. The van der Waals surface area contributed by atoms with Crippen LogP contribution in [-0.4, -0.2) is 30.1 Å². The number of ether oxygens (including phenoxy) is 1. The highest BCUT2D eigenvalue weighted by Crippen LogP contribution is 2.44. The van der Waals surface area contributed by atoms with Gasteiger partial charge in [-0.1, -0.05) is 54.6 Å². The van der Waals surface area contributed by atoms with Gasteiger partial charge in [0.25, 0.3) is 0 Å². The van der Waals surface area contributed by atoms with Crippen LogP contribution in [0.15, 0.2) is 71.6 Å². The maximum atomic E-state index is 13.0. The SMILES string of the molecule is O=C(OCC1c2ccccc2-c2ccccc21)N1CCSc2ccc(CO)cc21. The first-order chi connectivity index (χ1) is 14.3. The van der Waals surface area contributed by atoms with Crippen molar-refractivity contribution < 1.29 is 14.6 Å². The van der Waals surface area contributed by atoms with E-state index >= 15 is 0 Å². The zero-order valence-corrected chi connectivity index (χ0v) is 16.7. The highest BCUT2D eigenvalue weighted by atomic mass is 32.2. The molecule has 0 aromatic heterocycles. The molecule has 0 spiro atoms. The van der Waals surface area contributed by atoms with Crippen molar-refractivity contribution in [3.8, 4) is 11.1 Å². The van der Waals surface area contributed by atoms with E-state index in [1.807, 2.05) is 42.5 Å². The van der Waals surface area contributed by atoms with Gasteiger partial charge >= 0.3 is 6.09 Å². The second-order valence-corrected chi connectivity index (χ2v) is 8.40. The van der Waals surface area contributed by atoms with Crippen LogP contribution in [0.2, 0.25) is 0 Å². The van der Waals surface area contributed by atoms with Crippen LogP contribution in [0.1, 0.15) is 22.6 Å². The third-order valence-electron chi connectivity index (χ3n) is 5.63. The molecule has 5 heteroatoms. The average Bonchev–Trinajstić information content (AvgIpc) is 3.10. The largest absolute Gasteiger partial charge is 0.448 e. The minimum Gasteiger partial charge on any atom is -0.448 e. The Balaban J connectivity index is 1.39. The number of nitrogens with zero attached hydrogens (tertiary/aromatic N) is 1. The van der Waals surface area contributed by atoms with Gasteiger partial charge in [0.15, 0.2) is 0 Å². The first-order valence-electron chi connectivity index (χ1n) is 9.75. The molecule has 0 atom stereocenters. The summed E-state index contributed by atoms with van der Waals surface area (Å²) >= 11 is 1.72. The Kier molecular flexibility index (Phi) is 4.78. The normalized spacial score (nSPS) is 14.9. The van der Waals surface area contributed by atoms with E-state index in [0.29, 0.717) is 13.2 Å². The van der Waals surface area contributed by atoms with Crippen LogP contribution in [0.5, 0.6) is 0 Å². The Morgan fingerprint density at radius 2 is 1.72 bits per heavy atom. The van der Waals surface area contributed by atoms with Gasteiger partial charge in [0.1, 0.15) is 6.61 Å². The fraction of sp³-hybridized carbons (Fsp3) is 0.208. The highest BCUT2D eigenvalue weighted by molar-refractivity contribution is 7.99. The number of aliphatic hydroxyl groups excluding tert-OH is 1. The predicted molar refractivity (Wildman–Crippen MR) is 116 cm³/mol. The van der Waals surface area contributed by atoms with E-state index in [4.69, 9.17) is 4.74 Å². The number of amides is 1. The summed E-state index contributed by atoms with van der Waals surface area (Å²) < 4.78 is 5.82. The van der Waals surface area contributed by atoms with Crippen molar-refractivity contribution in [2.24, 2.45) is 0 Å². The molecule has 3 aromatic carbocycles. The number of hydrogen-bond donors (Lipinski definition) is 1. The van der Waals surface area contributed by atoms with Crippen LogP contribution in [0.25, 0.3) is 11.1 Å². The maximum absolute atomic E-state index is 13.0. The summed E-state index contributed by atoms with van der Waals surface area (Å²) in [4.78, 5) is 15.7. The number of rotatable bonds is 3. The molecular formula is C24H21NO3S. The van der Waals surface area contributed by atoms with E-state index in [9.17, 15) is 9.90 Å². The fourth-order valence-corrected chi connectivity index (χ4v) is 5.20. The average molecular weight is 404 g/mol. The number of thioether (sulfide) groups is 1. The third kappa shape index (κ3) is 3.20. The molecule has 1 amide bonds. The lowest BCUT2D eigenvalue weighted by Crippen LogP contribution is -2.36. The number of hydrogen-bond acceptors (Lipinski definition) is 4. The molecule has 29 heavy (non-hydrogen) atoms. The zero-order valence-electron chi connectivity index (χ0n) is 15.9. The number of carbonyl (C=O) groups is 1. The van der Waals surface area contributed by atoms with Gasteiger partial charge in [0, 0.05) is 23.1 Å². The molecule has 0 radical (unpaired) electrons. The smallest absolute Gasteiger partial charge is 0.414 e. The van der Waals surface area contributed by atoms with Crippen LogP contribution in [0, 0.1) is 0 Å². The molecule has 0 unspecified atom stereocenters. The first kappa shape index (κ1) is 18.3. The van der Waals surface area contributed by atoms with Crippen LogP contribution >= 0.6 is 11.8 Å². The number of carbonyl (C=O) groups excluding carboxylic acids is 1. The topological polar surface area (TPSA) is 49.8 Å². The number of aliphatic hydroxyl groups is 1. The number of fused-ring (bicyclic) bond motifs is 4. The minimum absolute atomic E-state index is 0.0452. The lowest BCUT2D eigenvalue weighted by Gasteiger charge is -2.29. The number of anilines is 1. The molecule has 1 heterocycles. The van der Waals surface area contributed by atoms with Gasteiger partial charge < -0.3 is 9.84 Å². The van der Waals surface area contributed by atoms with Crippen LogP contribution in [0.3, 0.4) is 0 Å². The summed E-state index contributed by atoms with van der Waals surface area (Å²) in [5.74, 6) is 0.879. The lowest BCUT2D eigenvalue weighted by atomic mass is 9.98. The lowest BCUT2D eigenvalue weighted by molar-refractivity contribution is 0.150. The van der Waals surface area contributed by atoms with Crippen molar-refractivity contribution in [1.82, 2.24) is 0 Å². The van der Waals surface area contributed by atoms with Gasteiger partial charge in [-0.3, -0.25) is 4.90 Å². The molecule has 0 fully saturated rings. The van der Waals surface area contributed by atoms with Gasteiger partial charge in [-0.05, 0) is 39.9 Å². The Morgan fingerprint density at radius 1 is 1.03 bits per heavy atom. The van der Waals surface area contributed by atoms with E-state index in [1.165, 1.54) is 22.3 Å². The number of benzene rings is 3. The molecule has 2 aliphatic rings. The van der Waals surface area contributed by atoms with Crippen molar-refractivity contribution in [3.63, 3.8) is 0 Å². The first-order valence-corrected chi connectivity index (χ1v) is 10.7. The molecule has 4 nitrogen and oxygen atoms in total. The monoisotopic (exact) mass is 403 g/mol. The van der Waals surface area contributed by atoms with Crippen LogP contribution in [0.4, 0.5) is 10.5 Å². The molecule has 0 saturated heterocycles. The third-order valence-corrected chi connectivity index (χ3v) is 6.67. The van der Waals surface area contributed by atoms with E-state index in [-0.39, 0.29) is 18.6 Å². The standard InChI is InChI=1S/C24H21NO3S/c26-14-16-9-10-23-22(13-16)25(11-12-29-23)24(27)28-15-21-19-7-3-1-5-17(19)18-6-2-4-8-20(18)21/h1-10,13,21,26H,11-12,14-15H2. The van der Waals surface area contributed by atoms with Gasteiger partial charge in [0.05, 0.1) is 12.3 Å². The predicted octanol–water partition coefficient (Wildman–Crippen LogP) is 5.04. The second-order valence-electron chi connectivity index (χ2n) is 7.26. The Bertz CT molecular complexity index is 1040. The quantitative estimate of drug-likeness (QED) is 0.666. The Morgan fingerprint density at radius 3 is 2.41 bits per heavy atom. The van der Waals surface area contributed by atoms with Crippen LogP contribution in [-0.2, 0) is 11.3 Å². The summed E-state index contributed by atoms with van der Waals surface area (Å²) in [6.45, 7) is 0.866. The molecule has 0 saturated carbocycles. The van der Waals surface area contributed by atoms with Crippen molar-refractivity contribution in [2.45, 2.75) is 17.4 Å². The Labute approximate surface area is 174 Å². The fourth-order valence-electron chi connectivity index (χ4n) is 4.22. The Hall–Kier alpha value is -2.76. The van der Waals surface area contributed by atoms with Gasteiger partial charge in [0.2, 0.25) is 0 Å². The molecule has 1 N–H and O–H groups in total. The zero-order chi connectivity index (χ0) is 19.8. The van der Waals surface area contributed by atoms with E-state index in [2.05, 4.69) is 24.3 Å². The van der Waals surface area contributed by atoms with E-state index in [0.717, 1.165) is 21.9 Å². The molecule has 1 aliphatic carbocycles. The van der Waals surface area contributed by atoms with Crippen molar-refractivity contribution in [1.29, 1.82) is 0 Å². The van der Waals surface area contributed by atoms with Gasteiger partial charge in [-0.25, -0.2) is 4.79 Å². The second kappa shape index (κ2) is 7.58. The summed E-state index contributed by atoms with van der Waals surface area (Å²) in [5.41, 5.74) is 6.47. The molecular weight excluding hydrogens is 382 g/mol. The summed E-state index contributed by atoms with van der Waals surface area (Å²) in [6.07, 6.45) is -0.330. The van der Waals surface area contributed by atoms with Crippen molar-refractivity contribution in [3.05, 3.63) is 83.4 Å². The molecule has 5 rings (SSSR count). The minimum atomic E-state index is -0.330. The van der Waals surface area contributed by atoms with Crippen molar-refractivity contribution in [2.75, 3.05) is 23.8 Å². The van der Waals surface area contributed by atoms with E-state index in [1.54, 1.807) is 16.7 Å². The van der Waals surface area contributed by atoms with E-state index < -0.39 is 0 Å². The molecule has 1 aliphatic heterocycles.